The molecule has 2 rings (SSSR count). The highest BCUT2D eigenvalue weighted by Crippen LogP contribution is 2.29. The van der Waals surface area contributed by atoms with Crippen molar-refractivity contribution in [3.63, 3.8) is 0 Å². The Bertz CT molecular complexity index is 848. The third-order valence-corrected chi connectivity index (χ3v) is 3.75. The van der Waals surface area contributed by atoms with Gasteiger partial charge in [-0.1, -0.05) is 18.2 Å². The number of carbonyl (C=O) groups excluding carboxylic acids is 1. The number of ether oxygens (including phenoxy) is 1. The van der Waals surface area contributed by atoms with Crippen molar-refractivity contribution in [1.82, 2.24) is 0 Å². The van der Waals surface area contributed by atoms with E-state index in [2.05, 4.69) is 0 Å². The van der Waals surface area contributed by atoms with E-state index in [9.17, 15) is 9.18 Å². The third-order valence-electron chi connectivity index (χ3n) is 3.75. The first-order chi connectivity index (χ1) is 12.0. The average molecular weight is 339 g/mol. The van der Waals surface area contributed by atoms with Gasteiger partial charge in [-0.05, 0) is 54.8 Å². The van der Waals surface area contributed by atoms with Crippen LogP contribution in [0.4, 0.5) is 4.39 Å². The number of hydrogen-bond acceptors (Lipinski definition) is 4. The number of nitriles is 1. The van der Waals surface area contributed by atoms with E-state index in [4.69, 9.17) is 15.1 Å². The Morgan fingerprint density at radius 2 is 1.80 bits per heavy atom. The van der Waals surface area contributed by atoms with Crippen LogP contribution in [0.1, 0.15) is 30.5 Å². The fourth-order valence-corrected chi connectivity index (χ4v) is 2.55. The lowest BCUT2D eigenvalue weighted by Crippen LogP contribution is -2.03. The Morgan fingerprint density at radius 3 is 2.32 bits per heavy atom. The lowest BCUT2D eigenvalue weighted by atomic mass is 9.92. The number of aliphatic hydroxyl groups is 1. The second-order valence-corrected chi connectivity index (χ2v) is 5.46. The Hall–Kier alpha value is -2.97. The molecule has 0 aliphatic rings. The molecule has 0 fully saturated rings. The van der Waals surface area contributed by atoms with E-state index >= 15 is 0 Å². The molecule has 0 amide bonds. The number of allylic oxidation sites excluding steroid dienone is 2. The molecule has 0 unspecified atom stereocenters. The van der Waals surface area contributed by atoms with Crippen molar-refractivity contribution in [2.45, 2.75) is 13.8 Å². The van der Waals surface area contributed by atoms with Crippen molar-refractivity contribution < 1.29 is 19.0 Å². The van der Waals surface area contributed by atoms with Crippen molar-refractivity contribution in [2.24, 2.45) is 0 Å². The van der Waals surface area contributed by atoms with Crippen LogP contribution in [0, 0.1) is 17.1 Å². The number of rotatable bonds is 6. The topological polar surface area (TPSA) is 70.3 Å². The maximum Gasteiger partial charge on any atom is 0.160 e. The quantitative estimate of drug-likeness (QED) is 0.645. The van der Waals surface area contributed by atoms with Crippen LogP contribution in [0.25, 0.3) is 11.1 Å². The molecule has 5 heteroatoms. The number of benzene rings is 2. The number of ketones is 1. The highest BCUT2D eigenvalue weighted by molar-refractivity contribution is 6.26. The number of halogens is 1. The molecular weight excluding hydrogens is 321 g/mol. The van der Waals surface area contributed by atoms with Gasteiger partial charge in [-0.15, -0.1) is 0 Å². The first kappa shape index (κ1) is 18.4. The van der Waals surface area contributed by atoms with Gasteiger partial charge in [0, 0.05) is 5.57 Å². The van der Waals surface area contributed by atoms with E-state index in [-0.39, 0.29) is 24.6 Å². The molecule has 4 nitrogen and oxygen atoms in total. The van der Waals surface area contributed by atoms with Crippen LogP contribution >= 0.6 is 0 Å². The molecule has 0 saturated heterocycles. The van der Waals surface area contributed by atoms with Crippen LogP contribution in [-0.4, -0.2) is 24.1 Å². The second-order valence-electron chi connectivity index (χ2n) is 5.46. The van der Waals surface area contributed by atoms with Crippen molar-refractivity contribution in [3.8, 4) is 11.8 Å². The van der Waals surface area contributed by atoms with Crippen molar-refractivity contribution in [3.05, 3.63) is 65.0 Å². The molecule has 0 atom stereocenters. The largest absolute Gasteiger partial charge is 0.491 e. The van der Waals surface area contributed by atoms with Gasteiger partial charge in [-0.25, -0.2) is 4.39 Å². The van der Waals surface area contributed by atoms with Crippen LogP contribution in [0.5, 0.6) is 5.75 Å². The minimum atomic E-state index is -0.616. The van der Waals surface area contributed by atoms with Gasteiger partial charge in [-0.3, -0.25) is 4.79 Å². The van der Waals surface area contributed by atoms with Crippen LogP contribution in [0.3, 0.4) is 0 Å². The van der Waals surface area contributed by atoms with E-state index in [0.29, 0.717) is 28.0 Å². The van der Waals surface area contributed by atoms with Crippen LogP contribution in [0.15, 0.2) is 42.5 Å². The molecule has 25 heavy (non-hydrogen) atoms. The number of hydrogen-bond donors (Lipinski definition) is 1. The molecule has 0 aliphatic carbocycles. The van der Waals surface area contributed by atoms with E-state index in [1.54, 1.807) is 43.3 Å². The predicted octanol–water partition coefficient (Wildman–Crippen LogP) is 3.59. The highest BCUT2D eigenvalue weighted by Gasteiger charge is 2.14. The molecule has 1 N–H and O–H groups in total. The second kappa shape index (κ2) is 8.22. The highest BCUT2D eigenvalue weighted by atomic mass is 19.1. The maximum absolute atomic E-state index is 13.9. The number of carbonyl (C=O) groups is 1. The van der Waals surface area contributed by atoms with Gasteiger partial charge in [0.2, 0.25) is 0 Å². The van der Waals surface area contributed by atoms with Gasteiger partial charge in [0.1, 0.15) is 24.2 Å². The normalized spacial score (nSPS) is 11.5. The van der Waals surface area contributed by atoms with Crippen molar-refractivity contribution in [1.29, 1.82) is 5.26 Å². The Labute approximate surface area is 145 Å². The number of nitrogens with zero attached hydrogens (tertiary/aromatic N) is 1. The molecule has 2 aromatic carbocycles. The zero-order valence-corrected chi connectivity index (χ0v) is 14.0. The fourth-order valence-electron chi connectivity index (χ4n) is 2.55. The minimum Gasteiger partial charge on any atom is -0.491 e. The molecule has 0 spiro atoms. The monoisotopic (exact) mass is 339 g/mol. The standard InChI is InChI=1S/C20H18FNO3/c1-13(16-3-4-17(12-22)19(21)11-16)20(14(2)24)15-5-7-18(8-6-15)25-10-9-23/h3-8,11,23H,9-10H2,1-2H3. The summed E-state index contributed by atoms with van der Waals surface area (Å²) in [5, 5.41) is 17.6. The summed E-state index contributed by atoms with van der Waals surface area (Å²) in [6.45, 7) is 3.31. The third kappa shape index (κ3) is 4.31. The Morgan fingerprint density at radius 1 is 1.16 bits per heavy atom. The summed E-state index contributed by atoms with van der Waals surface area (Å²) in [6, 6.07) is 13.0. The van der Waals surface area contributed by atoms with Gasteiger partial charge in [0.25, 0.3) is 0 Å². The van der Waals surface area contributed by atoms with Gasteiger partial charge in [-0.2, -0.15) is 5.26 Å². The van der Waals surface area contributed by atoms with Crippen molar-refractivity contribution in [2.75, 3.05) is 13.2 Å². The molecule has 0 aliphatic heterocycles. The van der Waals surface area contributed by atoms with Crippen LogP contribution in [0.2, 0.25) is 0 Å². The van der Waals surface area contributed by atoms with Crippen LogP contribution in [-0.2, 0) is 4.79 Å². The summed E-state index contributed by atoms with van der Waals surface area (Å²) >= 11 is 0. The van der Waals surface area contributed by atoms with Gasteiger partial charge < -0.3 is 9.84 Å². The lowest BCUT2D eigenvalue weighted by molar-refractivity contribution is -0.111. The number of aliphatic hydroxyl groups excluding tert-OH is 1. The molecule has 0 heterocycles. The average Bonchev–Trinajstić information content (AvgIpc) is 2.60. The van der Waals surface area contributed by atoms with Gasteiger partial charge >= 0.3 is 0 Å². The zero-order chi connectivity index (χ0) is 18.4. The Kier molecular flexibility index (Phi) is 6.04. The Balaban J connectivity index is 2.45. The lowest BCUT2D eigenvalue weighted by Gasteiger charge is -2.12. The summed E-state index contributed by atoms with van der Waals surface area (Å²) in [5.74, 6) is -0.177. The molecule has 0 saturated carbocycles. The predicted molar refractivity (Wildman–Crippen MR) is 93.3 cm³/mol. The molecule has 0 bridgehead atoms. The smallest absolute Gasteiger partial charge is 0.160 e. The number of Topliss-reactive ketones (excluding diaryl/α,β-unsaturated/α-hetero) is 1. The van der Waals surface area contributed by atoms with Gasteiger partial charge in [0.15, 0.2) is 5.78 Å². The summed E-state index contributed by atoms with van der Waals surface area (Å²) in [6.07, 6.45) is 0. The first-order valence-electron chi connectivity index (χ1n) is 7.74. The van der Waals surface area contributed by atoms with E-state index < -0.39 is 5.82 Å². The van der Waals surface area contributed by atoms with Gasteiger partial charge in [0.05, 0.1) is 12.2 Å². The van der Waals surface area contributed by atoms with Crippen molar-refractivity contribution >= 4 is 16.9 Å². The molecule has 2 aromatic rings. The SMILES string of the molecule is CC(=O)C(=C(C)c1ccc(C#N)c(F)c1)c1ccc(OCCO)cc1. The summed E-state index contributed by atoms with van der Waals surface area (Å²) < 4.78 is 19.2. The summed E-state index contributed by atoms with van der Waals surface area (Å²) in [5.41, 5.74) is 2.29. The minimum absolute atomic E-state index is 0.0358. The maximum atomic E-state index is 13.9. The fraction of sp³-hybridized carbons (Fsp3) is 0.200. The van der Waals surface area contributed by atoms with E-state index in [0.717, 1.165) is 0 Å². The van der Waals surface area contributed by atoms with E-state index in [1.807, 2.05) is 0 Å². The van der Waals surface area contributed by atoms with E-state index in [1.165, 1.54) is 19.1 Å². The molecule has 128 valence electrons. The molecule has 0 aromatic heterocycles. The first-order valence-corrected chi connectivity index (χ1v) is 7.74. The summed E-state index contributed by atoms with van der Waals surface area (Å²) in [7, 11) is 0. The molecular formula is C20H18FNO3. The molecule has 0 radical (unpaired) electrons. The summed E-state index contributed by atoms with van der Waals surface area (Å²) in [4.78, 5) is 12.2. The zero-order valence-electron chi connectivity index (χ0n) is 14.0. The van der Waals surface area contributed by atoms with Crippen LogP contribution < -0.4 is 4.74 Å².